The molecule has 328 valence electrons. The van der Waals surface area contributed by atoms with E-state index in [4.69, 9.17) is 29.4 Å². The Morgan fingerprint density at radius 1 is 0.613 bits per heavy atom. The van der Waals surface area contributed by atoms with Crippen molar-refractivity contribution in [3.05, 3.63) is 83.4 Å². The summed E-state index contributed by atoms with van der Waals surface area (Å²) in [5, 5.41) is 7.42. The molecule has 6 atom stereocenters. The maximum Gasteiger partial charge on any atom is 0.224 e. The summed E-state index contributed by atoms with van der Waals surface area (Å²) in [5.74, 6) is 5.46. The molecule has 2 aliphatic carbocycles. The van der Waals surface area contributed by atoms with E-state index in [9.17, 15) is 9.59 Å². The van der Waals surface area contributed by atoms with Gasteiger partial charge in [-0.15, -0.1) is 0 Å². The van der Waals surface area contributed by atoms with Gasteiger partial charge in [-0.3, -0.25) is 9.59 Å². The van der Waals surface area contributed by atoms with E-state index in [1.54, 1.807) is 13.8 Å². The second-order valence-corrected chi connectivity index (χ2v) is 18.1. The lowest BCUT2D eigenvalue weighted by Crippen LogP contribution is -2.51. The van der Waals surface area contributed by atoms with Crippen LogP contribution in [-0.2, 0) is 19.1 Å². The van der Waals surface area contributed by atoms with Crippen molar-refractivity contribution in [2.45, 2.75) is 91.4 Å². The van der Waals surface area contributed by atoms with Gasteiger partial charge in [0.15, 0.2) is 0 Å². The number of morpholine rings is 2. The summed E-state index contributed by atoms with van der Waals surface area (Å²) in [5.41, 5.74) is 6.09. The summed E-state index contributed by atoms with van der Waals surface area (Å²) in [6.45, 7) is 18.1. The van der Waals surface area contributed by atoms with Crippen molar-refractivity contribution in [1.82, 2.24) is 19.9 Å². The van der Waals surface area contributed by atoms with Gasteiger partial charge in [0.05, 0.1) is 62.3 Å². The summed E-state index contributed by atoms with van der Waals surface area (Å²) < 4.78 is 11.0. The van der Waals surface area contributed by atoms with Crippen LogP contribution in [0.2, 0.25) is 0 Å². The molecule has 4 fully saturated rings. The van der Waals surface area contributed by atoms with E-state index in [1.807, 2.05) is 72.4 Å². The first-order valence-corrected chi connectivity index (χ1v) is 22.7. The maximum atomic E-state index is 12.8. The van der Waals surface area contributed by atoms with Crippen molar-refractivity contribution in [3.63, 3.8) is 0 Å². The third kappa shape index (κ3) is 8.68. The van der Waals surface area contributed by atoms with Gasteiger partial charge < -0.3 is 39.7 Å². The second kappa shape index (κ2) is 17.8. The van der Waals surface area contributed by atoms with E-state index in [0.29, 0.717) is 38.3 Å². The van der Waals surface area contributed by atoms with Crippen molar-refractivity contribution in [1.29, 1.82) is 0 Å². The minimum Gasteiger partial charge on any atom is -0.378 e. The van der Waals surface area contributed by atoms with Crippen LogP contribution in [0.15, 0.2) is 60.9 Å². The van der Waals surface area contributed by atoms with Gasteiger partial charge in [-0.25, -0.2) is 19.9 Å². The van der Waals surface area contributed by atoms with E-state index in [1.165, 1.54) is 25.7 Å². The predicted octanol–water partition coefficient (Wildman–Crippen LogP) is 7.11. The molecule has 10 rings (SSSR count). The van der Waals surface area contributed by atoms with Gasteiger partial charge in [0.1, 0.15) is 23.3 Å². The molecule has 4 aromatic heterocycles. The van der Waals surface area contributed by atoms with E-state index in [2.05, 4.69) is 46.4 Å². The molecule has 2 saturated heterocycles. The fraction of sp³-hybridized carbons (Fsp3) is 0.542. The minimum absolute atomic E-state index is 0.0632. The number of carbonyl (C=O) groups is 2. The zero-order valence-corrected chi connectivity index (χ0v) is 37.1. The Labute approximate surface area is 365 Å². The van der Waals surface area contributed by atoms with Gasteiger partial charge in [0, 0.05) is 86.5 Å². The molecule has 14 nitrogen and oxygen atoms in total. The predicted molar refractivity (Wildman–Crippen MR) is 243 cm³/mol. The first-order valence-electron chi connectivity index (χ1n) is 22.7. The van der Waals surface area contributed by atoms with Crippen molar-refractivity contribution in [2.75, 3.05) is 82.8 Å². The lowest BCUT2D eigenvalue weighted by Gasteiger charge is -2.46. The Morgan fingerprint density at radius 2 is 1.00 bits per heavy atom. The molecule has 0 radical (unpaired) electrons. The van der Waals surface area contributed by atoms with Gasteiger partial charge in [-0.2, -0.15) is 0 Å². The standard InChI is InChI=1S/2C24H31N5O2/c2*1-15-5-4-6-21(26-15)27-23-16(2)24(18-7-8-18)29(17(3)30)20-14-25-22(13-19(20)23)28-9-11-31-12-10-28/h2*4-6,13-14,16,18,23-24H,7-12H2,1-3H3,(H,26,27)/t2*16-,23-,24-/m10/s1. The molecule has 2 saturated carbocycles. The number of ether oxygens (including phenoxy) is 2. The van der Waals surface area contributed by atoms with Gasteiger partial charge in [0.2, 0.25) is 11.8 Å². The highest BCUT2D eigenvalue weighted by Gasteiger charge is 2.49. The normalized spacial score (nSPS) is 25.8. The number of nitrogens with zero attached hydrogens (tertiary/aromatic N) is 8. The van der Waals surface area contributed by atoms with Crippen LogP contribution in [0, 0.1) is 37.5 Å². The van der Waals surface area contributed by atoms with Gasteiger partial charge in [-0.1, -0.05) is 26.0 Å². The highest BCUT2D eigenvalue weighted by molar-refractivity contribution is 5.95. The van der Waals surface area contributed by atoms with Gasteiger partial charge in [-0.05, 0) is 87.8 Å². The SMILES string of the molecule is CC(=O)N1c2cnc(N3CCOCC3)cc2[C@@H](Nc2cccc(C)n2)[C@H](C)[C@H]1C1CC1.CC(=O)N1c2cnc(N3CCOCC3)cc2[C@H](Nc2cccc(C)n2)[C@@H](C)[C@@H]1C1CC1. The number of fused-ring (bicyclic) bond motifs is 2. The summed E-state index contributed by atoms with van der Waals surface area (Å²) in [6.07, 6.45) is 8.54. The Kier molecular flexibility index (Phi) is 12.1. The number of nitrogens with one attached hydrogen (secondary N) is 2. The van der Waals surface area contributed by atoms with Crippen LogP contribution < -0.4 is 30.2 Å². The summed E-state index contributed by atoms with van der Waals surface area (Å²) in [6, 6.07) is 17.0. The number of carbonyl (C=O) groups excluding carboxylic acids is 2. The average molecular weight is 843 g/mol. The van der Waals surface area contributed by atoms with Crippen LogP contribution in [0.4, 0.5) is 34.6 Å². The first-order chi connectivity index (χ1) is 30.0. The van der Waals surface area contributed by atoms with E-state index >= 15 is 0 Å². The first kappa shape index (κ1) is 42.0. The molecule has 2 amide bonds. The number of anilines is 6. The third-order valence-corrected chi connectivity index (χ3v) is 13.7. The molecule has 4 aromatic rings. The molecule has 6 aliphatic rings. The average Bonchev–Trinajstić information content (AvgIpc) is 4.22. The quantitative estimate of drug-likeness (QED) is 0.187. The number of pyridine rings is 4. The van der Waals surface area contributed by atoms with Crippen LogP contribution in [0.5, 0.6) is 0 Å². The third-order valence-electron chi connectivity index (χ3n) is 13.7. The van der Waals surface area contributed by atoms with Gasteiger partial charge in [0.25, 0.3) is 0 Å². The molecule has 8 heterocycles. The van der Waals surface area contributed by atoms with E-state index < -0.39 is 0 Å². The molecule has 0 unspecified atom stereocenters. The Hall–Kier alpha value is -5.34. The van der Waals surface area contributed by atoms with Crippen molar-refractivity contribution >= 4 is 46.5 Å². The lowest BCUT2D eigenvalue weighted by molar-refractivity contribution is -0.118. The summed E-state index contributed by atoms with van der Waals surface area (Å²) >= 11 is 0. The number of amides is 2. The molecule has 0 spiro atoms. The number of aryl methyl sites for hydroxylation is 2. The van der Waals surface area contributed by atoms with Crippen LogP contribution in [0.3, 0.4) is 0 Å². The van der Waals surface area contributed by atoms with Crippen LogP contribution in [0.1, 0.15) is 88.0 Å². The van der Waals surface area contributed by atoms with E-state index in [-0.39, 0.29) is 47.8 Å². The highest BCUT2D eigenvalue weighted by Crippen LogP contribution is 2.52. The summed E-state index contributed by atoms with van der Waals surface area (Å²) in [7, 11) is 0. The van der Waals surface area contributed by atoms with Crippen LogP contribution in [0.25, 0.3) is 0 Å². The van der Waals surface area contributed by atoms with Crippen LogP contribution in [-0.4, -0.2) is 96.4 Å². The molecular formula is C48H62N10O4. The Balaban J connectivity index is 0.000000158. The Morgan fingerprint density at radius 3 is 1.34 bits per heavy atom. The second-order valence-electron chi connectivity index (χ2n) is 18.1. The monoisotopic (exact) mass is 842 g/mol. The molecule has 2 N–H and O–H groups in total. The fourth-order valence-corrected chi connectivity index (χ4v) is 10.4. The highest BCUT2D eigenvalue weighted by atomic mass is 16.5. The van der Waals surface area contributed by atoms with E-state index in [0.717, 1.165) is 83.3 Å². The number of hydrogen-bond acceptors (Lipinski definition) is 12. The topological polar surface area (TPSA) is 141 Å². The maximum absolute atomic E-state index is 12.8. The van der Waals surface area contributed by atoms with Crippen molar-refractivity contribution in [2.24, 2.45) is 23.7 Å². The zero-order valence-electron chi connectivity index (χ0n) is 37.1. The lowest BCUT2D eigenvalue weighted by atomic mass is 9.80. The largest absolute Gasteiger partial charge is 0.378 e. The Bertz CT molecular complexity index is 2100. The van der Waals surface area contributed by atoms with Crippen LogP contribution >= 0.6 is 0 Å². The smallest absolute Gasteiger partial charge is 0.224 e. The molecule has 0 bridgehead atoms. The van der Waals surface area contributed by atoms with Crippen molar-refractivity contribution < 1.29 is 19.1 Å². The number of rotatable bonds is 8. The minimum atomic E-state index is 0.0632. The number of hydrogen-bond donors (Lipinski definition) is 2. The molecule has 62 heavy (non-hydrogen) atoms. The molecule has 14 heteroatoms. The zero-order chi connectivity index (χ0) is 43.1. The number of aromatic nitrogens is 4. The molecular weight excluding hydrogens is 781 g/mol. The molecule has 4 aliphatic heterocycles. The van der Waals surface area contributed by atoms with Crippen molar-refractivity contribution in [3.8, 4) is 0 Å². The summed E-state index contributed by atoms with van der Waals surface area (Å²) in [4.78, 5) is 53.1. The molecule has 0 aromatic carbocycles. The fourth-order valence-electron chi connectivity index (χ4n) is 10.4. The van der Waals surface area contributed by atoms with Gasteiger partial charge >= 0.3 is 0 Å².